The summed E-state index contributed by atoms with van der Waals surface area (Å²) >= 11 is 0. The van der Waals surface area contributed by atoms with Crippen LogP contribution in [0.2, 0.25) is 0 Å². The molecule has 0 aliphatic rings. The second-order valence-electron chi connectivity index (χ2n) is 6.40. The number of unbranched alkanes of at least 4 members (excludes halogenated alkanes) is 1. The zero-order chi connectivity index (χ0) is 18.7. The van der Waals surface area contributed by atoms with Crippen molar-refractivity contribution in [2.24, 2.45) is 18.0 Å². The highest BCUT2D eigenvalue weighted by molar-refractivity contribution is 5.86. The lowest BCUT2D eigenvalue weighted by Gasteiger charge is -2.19. The molecule has 1 aromatic heterocycles. The van der Waals surface area contributed by atoms with Gasteiger partial charge in [-0.15, -0.1) is 0 Å². The fraction of sp³-hybridized carbons (Fsp3) is 0.765. The molecule has 0 aliphatic heterocycles. The number of aryl methyl sites for hydroxylation is 1. The first-order valence-corrected chi connectivity index (χ1v) is 9.03. The van der Waals surface area contributed by atoms with Crippen molar-refractivity contribution in [2.75, 3.05) is 27.2 Å². The summed E-state index contributed by atoms with van der Waals surface area (Å²) < 4.78 is 1.70. The molecule has 1 unspecified atom stereocenters. The van der Waals surface area contributed by atoms with Crippen LogP contribution >= 0.6 is 0 Å². The van der Waals surface area contributed by atoms with Crippen LogP contribution in [-0.4, -0.2) is 58.7 Å². The van der Waals surface area contributed by atoms with Crippen LogP contribution < -0.4 is 10.6 Å². The van der Waals surface area contributed by atoms with Crippen molar-refractivity contribution in [3.8, 4) is 0 Å². The van der Waals surface area contributed by atoms with Crippen molar-refractivity contribution in [2.45, 2.75) is 46.1 Å². The first-order valence-electron chi connectivity index (χ1n) is 9.03. The number of carbonyl (C=O) groups excluding carboxylic acids is 1. The van der Waals surface area contributed by atoms with Gasteiger partial charge in [0.15, 0.2) is 5.96 Å². The second kappa shape index (κ2) is 11.4. The molecule has 8 nitrogen and oxygen atoms in total. The molecule has 8 heteroatoms. The maximum Gasteiger partial charge on any atom is 0.241 e. The highest BCUT2D eigenvalue weighted by atomic mass is 16.2. The van der Waals surface area contributed by atoms with E-state index >= 15 is 0 Å². The van der Waals surface area contributed by atoms with Gasteiger partial charge in [-0.25, -0.2) is 9.98 Å². The third-order valence-corrected chi connectivity index (χ3v) is 4.19. The highest BCUT2D eigenvalue weighted by Gasteiger charge is 2.10. The Morgan fingerprint density at radius 3 is 2.68 bits per heavy atom. The first-order chi connectivity index (χ1) is 12.0. The summed E-state index contributed by atoms with van der Waals surface area (Å²) in [6.07, 6.45) is 6.28. The van der Waals surface area contributed by atoms with E-state index in [0.29, 0.717) is 18.4 Å². The Hall–Kier alpha value is -2.12. The quantitative estimate of drug-likeness (QED) is 0.488. The van der Waals surface area contributed by atoms with Gasteiger partial charge in [0.25, 0.3) is 0 Å². The third-order valence-electron chi connectivity index (χ3n) is 4.19. The normalized spacial score (nSPS) is 12.8. The number of nitrogens with one attached hydrogen (secondary N) is 2. The molecule has 0 aromatic carbocycles. The minimum Gasteiger partial charge on any atom is -0.356 e. The van der Waals surface area contributed by atoms with E-state index in [1.807, 2.05) is 7.05 Å². The van der Waals surface area contributed by atoms with Crippen LogP contribution in [0.25, 0.3) is 0 Å². The van der Waals surface area contributed by atoms with Gasteiger partial charge in [0, 0.05) is 27.7 Å². The van der Waals surface area contributed by atoms with E-state index in [9.17, 15) is 4.79 Å². The Bertz CT molecular complexity index is 539. The SMILES string of the molecule is CCCCC(CC)CNC(=NCc1ncnn1C)NCC(=O)N(C)C. The second-order valence-corrected chi connectivity index (χ2v) is 6.40. The zero-order valence-corrected chi connectivity index (χ0v) is 16.2. The number of rotatable bonds is 10. The Balaban J connectivity index is 2.65. The number of aliphatic imine (C=N–C) groups is 1. The van der Waals surface area contributed by atoms with Gasteiger partial charge in [-0.3, -0.25) is 9.48 Å². The molecule has 1 atom stereocenters. The largest absolute Gasteiger partial charge is 0.356 e. The van der Waals surface area contributed by atoms with Crippen LogP contribution in [0.1, 0.15) is 45.4 Å². The van der Waals surface area contributed by atoms with Crippen molar-refractivity contribution in [1.82, 2.24) is 30.3 Å². The molecule has 2 N–H and O–H groups in total. The molecular formula is C17H33N7O. The van der Waals surface area contributed by atoms with Crippen molar-refractivity contribution in [3.05, 3.63) is 12.2 Å². The van der Waals surface area contributed by atoms with Gasteiger partial charge < -0.3 is 15.5 Å². The molecule has 0 fully saturated rings. The smallest absolute Gasteiger partial charge is 0.241 e. The molecular weight excluding hydrogens is 318 g/mol. The standard InChI is InChI=1S/C17H33N7O/c1-6-8-9-14(7-2)10-18-17(20-12-16(25)23(3)4)19-11-15-21-13-22-24(15)5/h13-14H,6-12H2,1-5H3,(H2,18,19,20). The Morgan fingerprint density at radius 2 is 2.12 bits per heavy atom. The van der Waals surface area contributed by atoms with Crippen LogP contribution in [0.4, 0.5) is 0 Å². The van der Waals surface area contributed by atoms with Crippen LogP contribution in [0.5, 0.6) is 0 Å². The van der Waals surface area contributed by atoms with E-state index < -0.39 is 0 Å². The summed E-state index contributed by atoms with van der Waals surface area (Å²) in [5, 5.41) is 10.5. The monoisotopic (exact) mass is 351 g/mol. The van der Waals surface area contributed by atoms with Gasteiger partial charge >= 0.3 is 0 Å². The lowest BCUT2D eigenvalue weighted by atomic mass is 9.99. The molecule has 1 amide bonds. The van der Waals surface area contributed by atoms with E-state index in [4.69, 9.17) is 0 Å². The molecule has 1 heterocycles. The topological polar surface area (TPSA) is 87.4 Å². The van der Waals surface area contributed by atoms with Crippen LogP contribution in [0.3, 0.4) is 0 Å². The predicted octanol–water partition coefficient (Wildman–Crippen LogP) is 1.15. The molecule has 0 saturated carbocycles. The summed E-state index contributed by atoms with van der Waals surface area (Å²) in [5.74, 6) is 2.02. The number of likely N-dealkylation sites (N-methyl/N-ethyl adjacent to an activating group) is 1. The number of carbonyl (C=O) groups is 1. The predicted molar refractivity (Wildman–Crippen MR) is 100 cm³/mol. The highest BCUT2D eigenvalue weighted by Crippen LogP contribution is 2.11. The average Bonchev–Trinajstić information content (AvgIpc) is 3.01. The van der Waals surface area contributed by atoms with Gasteiger partial charge in [0.2, 0.25) is 5.91 Å². The van der Waals surface area contributed by atoms with Gasteiger partial charge in [-0.05, 0) is 12.3 Å². The van der Waals surface area contributed by atoms with E-state index in [2.05, 4.69) is 39.6 Å². The summed E-state index contributed by atoms with van der Waals surface area (Å²) in [4.78, 5) is 22.1. The third kappa shape index (κ3) is 8.00. The van der Waals surface area contributed by atoms with Crippen molar-refractivity contribution in [1.29, 1.82) is 0 Å². The van der Waals surface area contributed by atoms with Gasteiger partial charge in [-0.2, -0.15) is 5.10 Å². The van der Waals surface area contributed by atoms with Gasteiger partial charge in [0.1, 0.15) is 18.7 Å². The molecule has 25 heavy (non-hydrogen) atoms. The molecule has 0 saturated heterocycles. The Morgan fingerprint density at radius 1 is 1.36 bits per heavy atom. The van der Waals surface area contributed by atoms with E-state index in [1.165, 1.54) is 25.6 Å². The fourth-order valence-corrected chi connectivity index (χ4v) is 2.29. The molecule has 0 spiro atoms. The summed E-state index contributed by atoms with van der Waals surface area (Å²) in [6.45, 7) is 5.89. The number of guanidine groups is 1. The molecule has 142 valence electrons. The van der Waals surface area contributed by atoms with Crippen molar-refractivity contribution >= 4 is 11.9 Å². The number of nitrogens with zero attached hydrogens (tertiary/aromatic N) is 5. The number of aromatic nitrogens is 3. The first kappa shape index (κ1) is 20.9. The minimum absolute atomic E-state index is 0.00572. The minimum atomic E-state index is 0.00572. The van der Waals surface area contributed by atoms with Crippen molar-refractivity contribution in [3.63, 3.8) is 0 Å². The van der Waals surface area contributed by atoms with Gasteiger partial charge in [-0.1, -0.05) is 33.1 Å². The maximum absolute atomic E-state index is 11.8. The summed E-state index contributed by atoms with van der Waals surface area (Å²) in [6, 6.07) is 0. The van der Waals surface area contributed by atoms with Crippen LogP contribution in [0.15, 0.2) is 11.3 Å². The number of amides is 1. The molecule has 0 radical (unpaired) electrons. The average molecular weight is 351 g/mol. The molecule has 0 bridgehead atoms. The van der Waals surface area contributed by atoms with Crippen LogP contribution in [0, 0.1) is 5.92 Å². The molecule has 1 aromatic rings. The number of hydrogen-bond acceptors (Lipinski definition) is 4. The lowest BCUT2D eigenvalue weighted by Crippen LogP contribution is -2.44. The summed E-state index contributed by atoms with van der Waals surface area (Å²) in [5.41, 5.74) is 0. The molecule has 0 aliphatic carbocycles. The fourth-order valence-electron chi connectivity index (χ4n) is 2.29. The maximum atomic E-state index is 11.8. The van der Waals surface area contributed by atoms with Crippen LogP contribution in [-0.2, 0) is 18.4 Å². The number of hydrogen-bond donors (Lipinski definition) is 2. The summed E-state index contributed by atoms with van der Waals surface area (Å²) in [7, 11) is 5.32. The van der Waals surface area contributed by atoms with E-state index in [-0.39, 0.29) is 12.5 Å². The Labute approximate surface area is 151 Å². The van der Waals surface area contributed by atoms with E-state index in [1.54, 1.807) is 23.7 Å². The zero-order valence-electron chi connectivity index (χ0n) is 16.2. The Kier molecular flexibility index (Phi) is 9.57. The van der Waals surface area contributed by atoms with Gasteiger partial charge in [0.05, 0.1) is 6.54 Å². The molecule has 1 rings (SSSR count). The van der Waals surface area contributed by atoms with Crippen molar-refractivity contribution < 1.29 is 4.79 Å². The lowest BCUT2D eigenvalue weighted by molar-refractivity contribution is -0.127. The van der Waals surface area contributed by atoms with E-state index in [0.717, 1.165) is 18.8 Å².